The third-order valence-corrected chi connectivity index (χ3v) is 1.47. The van der Waals surface area contributed by atoms with E-state index >= 15 is 0 Å². The largest absolute Gasteiger partial charge is 0.379 e. The zero-order chi connectivity index (χ0) is 11.3. The highest BCUT2D eigenvalue weighted by molar-refractivity contribution is 5.85. The molecule has 66 valence electrons. The van der Waals surface area contributed by atoms with Gasteiger partial charge in [-0.15, -0.1) is 12.4 Å². The second-order valence-electron chi connectivity index (χ2n) is 2.24. The molecule has 1 atom stereocenters. The smallest absolute Gasteiger partial charge is 0.0936 e. The fourth-order valence-corrected chi connectivity index (χ4v) is 0.890. The van der Waals surface area contributed by atoms with E-state index in [9.17, 15) is 0 Å². The normalized spacial score (nSPS) is 50.4. The third kappa shape index (κ3) is 2.95. The van der Waals surface area contributed by atoms with E-state index in [1.807, 2.05) is 0 Å². The lowest BCUT2D eigenvalue weighted by atomic mass is 10.3. The van der Waals surface area contributed by atoms with Crippen molar-refractivity contribution in [3.8, 4) is 0 Å². The van der Waals surface area contributed by atoms with Gasteiger partial charge in [-0.05, 0) is 0 Å². The third-order valence-electron chi connectivity index (χ3n) is 1.47. The Balaban J connectivity index is 0.00000128. The van der Waals surface area contributed by atoms with Crippen LogP contribution in [0.5, 0.6) is 0 Å². The predicted octanol–water partition coefficient (Wildman–Crippen LogP) is 0.139. The Labute approximate surface area is 80.1 Å². The average molecular weight is 185 g/mol. The molecule has 2 saturated heterocycles. The Hall–Kier alpha value is 0.170. The maximum Gasteiger partial charge on any atom is 0.0936 e. The van der Waals surface area contributed by atoms with Gasteiger partial charge in [-0.25, -0.2) is 0 Å². The van der Waals surface area contributed by atoms with Crippen molar-refractivity contribution in [2.75, 3.05) is 39.4 Å². The first-order valence-electron chi connectivity index (χ1n) is 5.84. The molecule has 0 bridgehead atoms. The van der Waals surface area contributed by atoms with Crippen LogP contribution in [0.3, 0.4) is 0 Å². The quantitative estimate of drug-likeness (QED) is 0.571. The summed E-state index contributed by atoms with van der Waals surface area (Å²) in [6.45, 7) is -2.81. The van der Waals surface area contributed by atoms with Crippen LogP contribution in [0, 0.1) is 0 Å². The Morgan fingerprint density at radius 2 is 2.27 bits per heavy atom. The van der Waals surface area contributed by atoms with Crippen LogP contribution >= 0.6 is 12.4 Å². The molecule has 0 aliphatic carbocycles. The summed E-state index contributed by atoms with van der Waals surface area (Å²) >= 11 is 0. The lowest BCUT2D eigenvalue weighted by Crippen LogP contribution is -2.38. The molecule has 0 aromatic carbocycles. The SMILES string of the molecule is Cl.[2H]C1([2H])OC1([2H])C([2H])([2H])N1CCOCC1. The highest BCUT2D eigenvalue weighted by atomic mass is 35.5. The molecule has 2 aliphatic heterocycles. The Morgan fingerprint density at radius 1 is 1.64 bits per heavy atom. The summed E-state index contributed by atoms with van der Waals surface area (Å²) in [7, 11) is 0. The van der Waals surface area contributed by atoms with E-state index < -0.39 is 19.1 Å². The zero-order valence-corrected chi connectivity index (χ0v) is 6.82. The van der Waals surface area contributed by atoms with Crippen LogP contribution in [0.4, 0.5) is 0 Å². The molecule has 4 heteroatoms. The van der Waals surface area contributed by atoms with Crippen LogP contribution in [0.2, 0.25) is 0 Å². The summed E-state index contributed by atoms with van der Waals surface area (Å²) in [5, 5.41) is 0. The maximum atomic E-state index is 7.77. The Kier molecular flexibility index (Phi) is 1.71. The molecule has 0 radical (unpaired) electrons. The van der Waals surface area contributed by atoms with Gasteiger partial charge < -0.3 is 9.47 Å². The zero-order valence-electron chi connectivity index (χ0n) is 11.0. The number of rotatable bonds is 2. The molecule has 0 aromatic heterocycles. The Bertz CT molecular complexity index is 274. The number of ether oxygens (including phenoxy) is 2. The average Bonchev–Trinajstić information content (AvgIpc) is 2.69. The van der Waals surface area contributed by atoms with Crippen molar-refractivity contribution in [2.45, 2.75) is 6.08 Å². The fourth-order valence-electron chi connectivity index (χ4n) is 0.890. The number of hydrogen-bond donors (Lipinski definition) is 0. The van der Waals surface area contributed by atoms with Gasteiger partial charge in [-0.1, -0.05) is 0 Å². The first kappa shape index (κ1) is 4.42. The van der Waals surface area contributed by atoms with Crippen LogP contribution in [0.15, 0.2) is 0 Å². The molecule has 0 aromatic rings. The van der Waals surface area contributed by atoms with E-state index in [4.69, 9.17) is 11.6 Å². The van der Waals surface area contributed by atoms with E-state index in [0.29, 0.717) is 26.3 Å². The molecule has 1 unspecified atom stereocenters. The van der Waals surface area contributed by atoms with Crippen LogP contribution in [-0.2, 0) is 9.47 Å². The van der Waals surface area contributed by atoms with Gasteiger partial charge in [0.2, 0.25) is 0 Å². The minimum atomic E-state index is -2.20. The van der Waals surface area contributed by atoms with Gasteiger partial charge in [-0.3, -0.25) is 4.90 Å². The maximum absolute atomic E-state index is 7.77. The second kappa shape index (κ2) is 4.26. The van der Waals surface area contributed by atoms with Crippen LogP contribution in [0.1, 0.15) is 6.85 Å². The topological polar surface area (TPSA) is 25.0 Å². The van der Waals surface area contributed by atoms with E-state index in [-0.39, 0.29) is 12.4 Å². The van der Waals surface area contributed by atoms with Crippen molar-refractivity contribution >= 4 is 12.4 Å². The number of nitrogens with zero attached hydrogens (tertiary/aromatic N) is 1. The summed E-state index contributed by atoms with van der Waals surface area (Å²) in [5.74, 6) is 0. The highest BCUT2D eigenvalue weighted by Crippen LogP contribution is 2.11. The van der Waals surface area contributed by atoms with Gasteiger partial charge in [0, 0.05) is 22.3 Å². The molecule has 11 heavy (non-hydrogen) atoms. The van der Waals surface area contributed by atoms with Crippen molar-refractivity contribution in [2.24, 2.45) is 0 Å². The molecular formula is C7H14ClNO2. The number of hydrogen-bond acceptors (Lipinski definition) is 3. The monoisotopic (exact) mass is 184 g/mol. The number of halogens is 1. The summed E-state index contributed by atoms with van der Waals surface area (Å²) in [6.07, 6.45) is -2.11. The lowest BCUT2D eigenvalue weighted by Gasteiger charge is -2.25. The van der Waals surface area contributed by atoms with Gasteiger partial charge in [-0.2, -0.15) is 0 Å². The molecular weight excluding hydrogens is 166 g/mol. The standard InChI is InChI=1S/C7H13NO2.ClH/c1-3-9-4-2-8(1)5-7-6-10-7;/h7H,1-6H2;1H/i5D2,6D2,7D;. The van der Waals surface area contributed by atoms with E-state index in [0.717, 1.165) is 0 Å². The second-order valence-corrected chi connectivity index (χ2v) is 2.24. The minimum absolute atomic E-state index is 0. The first-order valence-corrected chi connectivity index (χ1v) is 3.34. The highest BCUT2D eigenvalue weighted by Gasteiger charge is 2.25. The number of epoxide rings is 1. The minimum Gasteiger partial charge on any atom is -0.379 e. The molecule has 2 heterocycles. The van der Waals surface area contributed by atoms with Crippen molar-refractivity contribution < 1.29 is 16.3 Å². The van der Waals surface area contributed by atoms with Gasteiger partial charge in [0.05, 0.1) is 30.0 Å². The predicted molar refractivity (Wildman–Crippen MR) is 44.2 cm³/mol. The van der Waals surface area contributed by atoms with E-state index in [1.54, 1.807) is 0 Å². The van der Waals surface area contributed by atoms with Gasteiger partial charge in [0.1, 0.15) is 0 Å². The summed E-state index contributed by atoms with van der Waals surface area (Å²) in [6, 6.07) is 0. The van der Waals surface area contributed by atoms with Crippen molar-refractivity contribution in [1.29, 1.82) is 0 Å². The van der Waals surface area contributed by atoms with Crippen LogP contribution < -0.4 is 0 Å². The molecule has 0 saturated carbocycles. The van der Waals surface area contributed by atoms with Gasteiger partial charge in [0.25, 0.3) is 0 Å². The molecule has 3 nitrogen and oxygen atoms in total. The Morgan fingerprint density at radius 3 is 2.82 bits per heavy atom. The summed E-state index contributed by atoms with van der Waals surface area (Å²) in [4.78, 5) is 1.40. The summed E-state index contributed by atoms with van der Waals surface area (Å²) in [5.41, 5.74) is 0. The summed E-state index contributed by atoms with van der Waals surface area (Å²) < 4.78 is 47.3. The lowest BCUT2D eigenvalue weighted by molar-refractivity contribution is 0.0349. The van der Waals surface area contributed by atoms with Crippen LogP contribution in [0.25, 0.3) is 0 Å². The molecule has 0 amide bonds. The molecule has 0 spiro atoms. The van der Waals surface area contributed by atoms with Crippen molar-refractivity contribution in [3.05, 3.63) is 0 Å². The molecule has 2 fully saturated rings. The van der Waals surface area contributed by atoms with E-state index in [1.165, 1.54) is 4.90 Å². The van der Waals surface area contributed by atoms with Crippen molar-refractivity contribution in [1.82, 2.24) is 4.90 Å². The van der Waals surface area contributed by atoms with Gasteiger partial charge in [0.15, 0.2) is 0 Å². The fraction of sp³-hybridized carbons (Fsp3) is 1.00. The number of morpholine rings is 1. The molecule has 2 rings (SSSR count). The first-order chi connectivity index (χ1) is 6.81. The van der Waals surface area contributed by atoms with Gasteiger partial charge >= 0.3 is 0 Å². The van der Waals surface area contributed by atoms with E-state index in [2.05, 4.69) is 4.74 Å². The van der Waals surface area contributed by atoms with Crippen molar-refractivity contribution in [3.63, 3.8) is 0 Å². The molecule has 2 aliphatic rings. The van der Waals surface area contributed by atoms with Crippen LogP contribution in [-0.4, -0.2) is 50.3 Å². The molecule has 0 N–H and O–H groups in total.